The van der Waals surface area contributed by atoms with E-state index in [4.69, 9.17) is 9.72 Å². The van der Waals surface area contributed by atoms with Crippen LogP contribution in [-0.4, -0.2) is 24.2 Å². The van der Waals surface area contributed by atoms with Crippen LogP contribution in [0.2, 0.25) is 17.3 Å². The van der Waals surface area contributed by atoms with Crippen LogP contribution in [0.1, 0.15) is 66.9 Å². The van der Waals surface area contributed by atoms with Crippen LogP contribution in [0.5, 0.6) is 5.75 Å². The molecule has 0 radical (unpaired) electrons. The SMILES string of the molecule is CCCCCCCCc1ccc(-c2ccc(-c3ccc(C(=O)Oc4ccc([CH2][Ge]([CH3])([CH3])[CH3])cc4)cc3)cn2)cc1. The third kappa shape index (κ3) is 9.19. The number of carbonyl (C=O) groups excluding carboxylic acids is 1. The Hall–Kier alpha value is -3.18. The maximum Gasteiger partial charge on any atom is 0.0353 e. The number of ether oxygens (including phenoxy) is 1. The average molecular weight is 594 g/mol. The van der Waals surface area contributed by atoms with E-state index in [9.17, 15) is 4.79 Å². The molecule has 1 aromatic heterocycles. The predicted octanol–water partition coefficient (Wildman–Crippen LogP) is 9.96. The Bertz CT molecular complexity index is 1340. The van der Waals surface area contributed by atoms with E-state index in [1.54, 1.807) is 0 Å². The summed E-state index contributed by atoms with van der Waals surface area (Å²) < 4.78 is 5.61. The predicted molar refractivity (Wildman–Crippen MR) is 171 cm³/mol. The Labute approximate surface area is 243 Å². The molecule has 0 atom stereocenters. The Morgan fingerprint density at radius 2 is 1.27 bits per heavy atom. The summed E-state index contributed by atoms with van der Waals surface area (Å²) in [5.41, 5.74) is 7.37. The van der Waals surface area contributed by atoms with Crippen LogP contribution in [0, 0.1) is 0 Å². The molecule has 0 saturated carbocycles. The zero-order chi connectivity index (χ0) is 28.4. The van der Waals surface area contributed by atoms with Crippen molar-refractivity contribution in [2.75, 3.05) is 0 Å². The van der Waals surface area contributed by atoms with Crippen LogP contribution in [-0.2, 0) is 11.7 Å². The first kappa shape index (κ1) is 29.8. The Kier molecular flexibility index (Phi) is 10.8. The molecule has 40 heavy (non-hydrogen) atoms. The second-order valence-corrected chi connectivity index (χ2v) is 23.5. The molecule has 0 aliphatic heterocycles. The van der Waals surface area contributed by atoms with Crippen LogP contribution >= 0.6 is 0 Å². The molecular formula is C36H43GeNO2. The monoisotopic (exact) mass is 595 g/mol. The number of hydrogen-bond acceptors (Lipinski definition) is 3. The normalized spacial score (nSPS) is 11.4. The van der Waals surface area contributed by atoms with Crippen molar-refractivity contribution in [2.24, 2.45) is 0 Å². The molecule has 0 aliphatic carbocycles. The number of aromatic nitrogens is 1. The van der Waals surface area contributed by atoms with Crippen molar-refractivity contribution in [1.29, 1.82) is 0 Å². The molecule has 0 spiro atoms. The summed E-state index contributed by atoms with van der Waals surface area (Å²) in [6.07, 6.45) is 11.0. The fourth-order valence-corrected chi connectivity index (χ4v) is 8.00. The van der Waals surface area contributed by atoms with Gasteiger partial charge in [-0.2, -0.15) is 0 Å². The molecular weight excluding hydrogens is 551 g/mol. The minimum atomic E-state index is -1.66. The van der Waals surface area contributed by atoms with Gasteiger partial charge in [-0.05, 0) is 24.5 Å². The molecule has 0 saturated heterocycles. The van der Waals surface area contributed by atoms with Crippen molar-refractivity contribution in [3.8, 4) is 28.1 Å². The number of aryl methyl sites for hydroxylation is 1. The summed E-state index contributed by atoms with van der Waals surface area (Å²) in [5.74, 6) is 7.43. The molecule has 4 rings (SSSR count). The molecule has 0 amide bonds. The molecule has 4 heteroatoms. The summed E-state index contributed by atoms with van der Waals surface area (Å²) in [6.45, 7) is 2.26. The second-order valence-electron chi connectivity index (χ2n) is 12.0. The van der Waals surface area contributed by atoms with Gasteiger partial charge in [-0.25, -0.2) is 0 Å². The van der Waals surface area contributed by atoms with E-state index >= 15 is 0 Å². The number of carbonyl (C=O) groups is 1. The fraction of sp³-hybridized carbons (Fsp3) is 0.333. The minimum Gasteiger partial charge on any atom is -0.256 e. The third-order valence-corrected chi connectivity index (χ3v) is 10.2. The van der Waals surface area contributed by atoms with Gasteiger partial charge < -0.3 is 0 Å². The standard InChI is InChI=1S/C36H43GeNO2/c1-5-6-7-8-9-10-11-28-12-16-31(17-13-28)35-25-22-33(27-38-35)30-18-20-32(21-19-30)36(39)40-34-23-14-29(15-24-34)26-37(2,3)4/h12-25,27H,5-11,26H2,1-4H3. The molecule has 1 heterocycles. The first-order valence-corrected chi connectivity index (χ1v) is 22.6. The quantitative estimate of drug-likeness (QED) is 0.0670. The number of unbranched alkanes of at least 4 members (excludes halogenated alkanes) is 5. The summed E-state index contributed by atoms with van der Waals surface area (Å²) in [4.78, 5) is 17.4. The van der Waals surface area contributed by atoms with Crippen molar-refractivity contribution in [3.05, 3.63) is 108 Å². The largest absolute Gasteiger partial charge is 0.256 e. The summed E-state index contributed by atoms with van der Waals surface area (Å²) in [6, 6.07) is 28.4. The maximum atomic E-state index is 12.7. The number of hydrogen-bond donors (Lipinski definition) is 0. The van der Waals surface area contributed by atoms with Gasteiger partial charge in [0.15, 0.2) is 0 Å². The van der Waals surface area contributed by atoms with Gasteiger partial charge in [-0.3, -0.25) is 4.98 Å². The van der Waals surface area contributed by atoms with Crippen molar-refractivity contribution >= 4 is 19.2 Å². The maximum absolute atomic E-state index is 12.7. The van der Waals surface area contributed by atoms with Crippen LogP contribution in [0.25, 0.3) is 22.4 Å². The molecule has 0 bridgehead atoms. The average Bonchev–Trinajstić information content (AvgIpc) is 2.96. The number of esters is 1. The minimum absolute atomic E-state index is 0.346. The Morgan fingerprint density at radius 3 is 1.90 bits per heavy atom. The molecule has 0 fully saturated rings. The number of nitrogens with zero attached hydrogens (tertiary/aromatic N) is 1. The van der Waals surface area contributed by atoms with E-state index in [2.05, 4.69) is 72.7 Å². The van der Waals surface area contributed by atoms with Gasteiger partial charge in [0.25, 0.3) is 0 Å². The first-order chi connectivity index (χ1) is 19.3. The van der Waals surface area contributed by atoms with Gasteiger partial charge >= 0.3 is 128 Å². The Balaban J connectivity index is 1.30. The van der Waals surface area contributed by atoms with Gasteiger partial charge in [-0.15, -0.1) is 0 Å². The first-order valence-electron chi connectivity index (χ1n) is 14.8. The van der Waals surface area contributed by atoms with Gasteiger partial charge in [0, 0.05) is 11.8 Å². The fourth-order valence-electron chi connectivity index (χ4n) is 4.94. The van der Waals surface area contributed by atoms with E-state index < -0.39 is 13.3 Å². The number of pyridine rings is 1. The molecule has 0 unspecified atom stereocenters. The van der Waals surface area contributed by atoms with Crippen LogP contribution in [0.4, 0.5) is 0 Å². The van der Waals surface area contributed by atoms with Crippen LogP contribution < -0.4 is 4.74 Å². The van der Waals surface area contributed by atoms with Gasteiger partial charge in [0.2, 0.25) is 0 Å². The second kappa shape index (κ2) is 14.5. The molecule has 208 valence electrons. The molecule has 3 aromatic carbocycles. The molecule has 4 aromatic rings. The van der Waals surface area contributed by atoms with E-state index in [0.717, 1.165) is 34.1 Å². The zero-order valence-corrected chi connectivity index (χ0v) is 26.7. The van der Waals surface area contributed by atoms with Gasteiger partial charge in [0.05, 0.1) is 5.69 Å². The van der Waals surface area contributed by atoms with E-state index in [-0.39, 0.29) is 5.97 Å². The third-order valence-electron chi connectivity index (χ3n) is 7.15. The van der Waals surface area contributed by atoms with Gasteiger partial charge in [-0.1, -0.05) is 69.4 Å². The van der Waals surface area contributed by atoms with Crippen molar-refractivity contribution in [2.45, 2.75) is 74.4 Å². The number of rotatable bonds is 13. The van der Waals surface area contributed by atoms with E-state index in [0.29, 0.717) is 11.3 Å². The van der Waals surface area contributed by atoms with Crippen molar-refractivity contribution in [1.82, 2.24) is 4.98 Å². The molecule has 3 nitrogen and oxygen atoms in total. The van der Waals surface area contributed by atoms with Crippen LogP contribution in [0.3, 0.4) is 0 Å². The van der Waals surface area contributed by atoms with Crippen molar-refractivity contribution < 1.29 is 9.53 Å². The van der Waals surface area contributed by atoms with E-state index in [1.807, 2.05) is 42.6 Å². The molecule has 0 aliphatic rings. The topological polar surface area (TPSA) is 39.2 Å². The van der Waals surface area contributed by atoms with Gasteiger partial charge in [0.1, 0.15) is 0 Å². The number of benzene rings is 3. The van der Waals surface area contributed by atoms with Crippen molar-refractivity contribution in [3.63, 3.8) is 0 Å². The molecule has 0 N–H and O–H groups in total. The summed E-state index contributed by atoms with van der Waals surface area (Å²) >= 11 is -1.66. The Morgan fingerprint density at radius 1 is 0.675 bits per heavy atom. The summed E-state index contributed by atoms with van der Waals surface area (Å²) in [7, 11) is 0. The van der Waals surface area contributed by atoms with Crippen LogP contribution in [0.15, 0.2) is 91.1 Å². The smallest absolute Gasteiger partial charge is 0.0353 e. The summed E-state index contributed by atoms with van der Waals surface area (Å²) in [5, 5.41) is 1.16. The van der Waals surface area contributed by atoms with E-state index in [1.165, 1.54) is 49.7 Å². The zero-order valence-electron chi connectivity index (χ0n) is 24.6.